The van der Waals surface area contributed by atoms with Gasteiger partial charge in [-0.3, -0.25) is 4.79 Å². The quantitative estimate of drug-likeness (QED) is 0.617. The van der Waals surface area contributed by atoms with E-state index < -0.39 is 5.97 Å². The van der Waals surface area contributed by atoms with E-state index in [0.29, 0.717) is 17.5 Å². The van der Waals surface area contributed by atoms with E-state index in [4.69, 9.17) is 0 Å². The van der Waals surface area contributed by atoms with Gasteiger partial charge in [0.1, 0.15) is 0 Å². The molecule has 1 N–H and O–H groups in total. The fourth-order valence-electron chi connectivity index (χ4n) is 3.36. The molecule has 1 aliphatic rings. The van der Waals surface area contributed by atoms with Crippen molar-refractivity contribution in [3.8, 4) is 11.1 Å². The van der Waals surface area contributed by atoms with E-state index >= 15 is 0 Å². The predicted octanol–water partition coefficient (Wildman–Crippen LogP) is 4.19. The van der Waals surface area contributed by atoms with Crippen molar-refractivity contribution in [2.75, 3.05) is 0 Å². The summed E-state index contributed by atoms with van der Waals surface area (Å²) in [5, 5.41) is 9.47. The summed E-state index contributed by atoms with van der Waals surface area (Å²) >= 11 is 0. The number of rotatable bonds is 3. The molecule has 3 nitrogen and oxygen atoms in total. The molecule has 116 valence electrons. The first-order valence-corrected chi connectivity index (χ1v) is 7.74. The third kappa shape index (κ3) is 2.14. The molecule has 0 fully saturated rings. The first-order valence-electron chi connectivity index (χ1n) is 7.74. The van der Waals surface area contributed by atoms with Gasteiger partial charge in [-0.1, -0.05) is 60.7 Å². The first-order chi connectivity index (χ1) is 11.7. The van der Waals surface area contributed by atoms with E-state index in [-0.39, 0.29) is 11.3 Å². The summed E-state index contributed by atoms with van der Waals surface area (Å²) in [5.74, 6) is -1.27. The minimum atomic E-state index is -1.07. The van der Waals surface area contributed by atoms with E-state index in [1.54, 1.807) is 18.2 Å². The lowest BCUT2D eigenvalue weighted by Crippen LogP contribution is -2.08. The summed E-state index contributed by atoms with van der Waals surface area (Å²) < 4.78 is 0. The van der Waals surface area contributed by atoms with Gasteiger partial charge < -0.3 is 5.11 Å². The molecule has 0 spiro atoms. The molecule has 0 bridgehead atoms. The van der Waals surface area contributed by atoms with Crippen molar-refractivity contribution in [2.45, 2.75) is 6.42 Å². The fraction of sp³-hybridized carbons (Fsp3) is 0.0476. The van der Waals surface area contributed by atoms with Crippen LogP contribution in [0.15, 0.2) is 66.7 Å². The van der Waals surface area contributed by atoms with Crippen LogP contribution in [0.1, 0.15) is 37.4 Å². The van der Waals surface area contributed by atoms with Crippen molar-refractivity contribution < 1.29 is 14.7 Å². The average Bonchev–Trinajstić information content (AvgIpc) is 2.90. The van der Waals surface area contributed by atoms with Crippen molar-refractivity contribution in [3.63, 3.8) is 0 Å². The normalized spacial score (nSPS) is 11.9. The highest BCUT2D eigenvalue weighted by molar-refractivity contribution is 6.25. The standard InChI is InChI=1S/C21H14O3/c22-20-16-9-5-4-8-15(16)18-14(12-13-6-2-1-3-7-13)10-11-17(19(18)20)21(23)24/h1-11H,12H2,(H,23,24). The highest BCUT2D eigenvalue weighted by Gasteiger charge is 2.32. The minimum absolute atomic E-state index is 0.0722. The molecule has 0 unspecified atom stereocenters. The maximum Gasteiger partial charge on any atom is 0.336 e. The van der Waals surface area contributed by atoms with Crippen molar-refractivity contribution in [1.82, 2.24) is 0 Å². The van der Waals surface area contributed by atoms with Crippen LogP contribution in [-0.2, 0) is 6.42 Å². The smallest absolute Gasteiger partial charge is 0.336 e. The molecule has 0 amide bonds. The van der Waals surface area contributed by atoms with Crippen molar-refractivity contribution >= 4 is 11.8 Å². The Morgan fingerprint density at radius 2 is 1.46 bits per heavy atom. The molecule has 0 saturated carbocycles. The zero-order valence-corrected chi connectivity index (χ0v) is 12.8. The number of aromatic carboxylic acids is 1. The van der Waals surface area contributed by atoms with E-state index in [0.717, 1.165) is 22.3 Å². The van der Waals surface area contributed by atoms with Crippen molar-refractivity contribution in [1.29, 1.82) is 0 Å². The summed E-state index contributed by atoms with van der Waals surface area (Å²) in [6, 6.07) is 20.7. The molecule has 3 aromatic rings. The molecule has 3 heteroatoms. The molecule has 0 aromatic heterocycles. The molecule has 0 saturated heterocycles. The number of fused-ring (bicyclic) bond motifs is 3. The Morgan fingerprint density at radius 3 is 2.17 bits per heavy atom. The molecule has 0 aliphatic heterocycles. The SMILES string of the molecule is O=C(O)c1ccc(Cc2ccccc2)c2c1C(=O)c1ccccc1-2. The van der Waals surface area contributed by atoms with Crippen molar-refractivity contribution in [2.24, 2.45) is 0 Å². The van der Waals surface area contributed by atoms with E-state index in [9.17, 15) is 14.7 Å². The number of benzene rings is 3. The van der Waals surface area contributed by atoms with Crippen LogP contribution in [0.2, 0.25) is 0 Å². The number of hydrogen-bond acceptors (Lipinski definition) is 2. The average molecular weight is 314 g/mol. The number of ketones is 1. The number of carboxylic acid groups (broad SMARTS) is 1. The van der Waals surface area contributed by atoms with Gasteiger partial charge in [0, 0.05) is 11.1 Å². The zero-order valence-electron chi connectivity index (χ0n) is 12.8. The van der Waals surface area contributed by atoms with Crippen molar-refractivity contribution in [3.05, 3.63) is 94.5 Å². The maximum absolute atomic E-state index is 12.8. The summed E-state index contributed by atoms with van der Waals surface area (Å²) in [6.07, 6.45) is 0.657. The van der Waals surface area contributed by atoms with Crippen LogP contribution in [0.5, 0.6) is 0 Å². The lowest BCUT2D eigenvalue weighted by molar-refractivity contribution is 0.0693. The summed E-state index contributed by atoms with van der Waals surface area (Å²) in [4.78, 5) is 24.3. The van der Waals surface area contributed by atoms with Crippen LogP contribution in [0, 0.1) is 0 Å². The Labute approximate surface area is 139 Å². The molecule has 0 radical (unpaired) electrons. The number of carboxylic acids is 1. The van der Waals surface area contributed by atoms with Gasteiger partial charge in [0.15, 0.2) is 5.78 Å². The number of hydrogen-bond donors (Lipinski definition) is 1. The molecule has 4 rings (SSSR count). The number of carbonyl (C=O) groups is 2. The van der Waals surface area contributed by atoms with E-state index in [1.165, 1.54) is 0 Å². The maximum atomic E-state index is 12.8. The van der Waals surface area contributed by atoms with Gasteiger partial charge in [-0.05, 0) is 34.7 Å². The number of carbonyl (C=O) groups excluding carboxylic acids is 1. The summed E-state index contributed by atoms with van der Waals surface area (Å²) in [7, 11) is 0. The highest BCUT2D eigenvalue weighted by atomic mass is 16.4. The second kappa shape index (κ2) is 5.46. The molecular weight excluding hydrogens is 300 g/mol. The first kappa shape index (κ1) is 14.4. The molecular formula is C21H14O3. The summed E-state index contributed by atoms with van der Waals surface area (Å²) in [6.45, 7) is 0. The second-order valence-electron chi connectivity index (χ2n) is 5.86. The topological polar surface area (TPSA) is 54.4 Å². The summed E-state index contributed by atoms with van der Waals surface area (Å²) in [5.41, 5.74) is 4.65. The van der Waals surface area contributed by atoms with Crippen LogP contribution >= 0.6 is 0 Å². The Bertz CT molecular complexity index is 972. The van der Waals surface area contributed by atoms with Gasteiger partial charge in [0.2, 0.25) is 0 Å². The lowest BCUT2D eigenvalue weighted by atomic mass is 9.92. The second-order valence-corrected chi connectivity index (χ2v) is 5.86. The van der Waals surface area contributed by atoms with Crippen LogP contribution < -0.4 is 0 Å². The highest BCUT2D eigenvalue weighted by Crippen LogP contribution is 2.41. The lowest BCUT2D eigenvalue weighted by Gasteiger charge is -2.11. The monoisotopic (exact) mass is 314 g/mol. The van der Waals surface area contributed by atoms with Crippen LogP contribution in [-0.4, -0.2) is 16.9 Å². The van der Waals surface area contributed by atoms with E-state index in [1.807, 2.05) is 48.5 Å². The van der Waals surface area contributed by atoms with Gasteiger partial charge in [-0.2, -0.15) is 0 Å². The Morgan fingerprint density at radius 1 is 0.792 bits per heavy atom. The Hall–Kier alpha value is -3.20. The van der Waals surface area contributed by atoms with Crippen LogP contribution in [0.4, 0.5) is 0 Å². The fourth-order valence-corrected chi connectivity index (χ4v) is 3.36. The molecule has 0 heterocycles. The molecule has 3 aromatic carbocycles. The predicted molar refractivity (Wildman–Crippen MR) is 91.5 cm³/mol. The largest absolute Gasteiger partial charge is 0.478 e. The van der Waals surface area contributed by atoms with Crippen LogP contribution in [0.3, 0.4) is 0 Å². The third-order valence-electron chi connectivity index (χ3n) is 4.43. The zero-order chi connectivity index (χ0) is 16.7. The Balaban J connectivity index is 1.96. The van der Waals surface area contributed by atoms with Gasteiger partial charge in [0.25, 0.3) is 0 Å². The van der Waals surface area contributed by atoms with Gasteiger partial charge in [-0.15, -0.1) is 0 Å². The molecule has 1 aliphatic carbocycles. The van der Waals surface area contributed by atoms with Gasteiger partial charge in [0.05, 0.1) is 5.56 Å². The Kier molecular flexibility index (Phi) is 3.28. The minimum Gasteiger partial charge on any atom is -0.478 e. The van der Waals surface area contributed by atoms with Crippen LogP contribution in [0.25, 0.3) is 11.1 Å². The van der Waals surface area contributed by atoms with Gasteiger partial charge >= 0.3 is 5.97 Å². The third-order valence-corrected chi connectivity index (χ3v) is 4.43. The molecule has 0 atom stereocenters. The molecule has 24 heavy (non-hydrogen) atoms. The van der Waals surface area contributed by atoms with E-state index in [2.05, 4.69) is 0 Å². The van der Waals surface area contributed by atoms with Gasteiger partial charge in [-0.25, -0.2) is 4.79 Å².